The molecule has 35 heavy (non-hydrogen) atoms. The van der Waals surface area contributed by atoms with E-state index in [9.17, 15) is 14.7 Å². The average molecular weight is 511 g/mol. The summed E-state index contributed by atoms with van der Waals surface area (Å²) in [7, 11) is 0. The number of aliphatic hydroxyl groups is 1. The highest BCUT2D eigenvalue weighted by Crippen LogP contribution is 2.51. The van der Waals surface area contributed by atoms with Gasteiger partial charge in [-0.2, -0.15) is 0 Å². The predicted molar refractivity (Wildman–Crippen MR) is 140 cm³/mol. The van der Waals surface area contributed by atoms with Crippen molar-refractivity contribution >= 4 is 40.5 Å². The van der Waals surface area contributed by atoms with Crippen LogP contribution in [0.15, 0.2) is 54.6 Å². The average Bonchev–Trinajstić information content (AvgIpc) is 3.57. The maximum Gasteiger partial charge on any atom is 0.254 e. The van der Waals surface area contributed by atoms with Crippen LogP contribution in [0.25, 0.3) is 0 Å². The zero-order valence-corrected chi connectivity index (χ0v) is 21.7. The molecule has 2 saturated heterocycles. The Labute approximate surface area is 217 Å². The smallest absolute Gasteiger partial charge is 0.254 e. The number of carbonyl (C=O) groups is 2. The van der Waals surface area contributed by atoms with E-state index in [1.165, 1.54) is 0 Å². The van der Waals surface area contributed by atoms with Crippen molar-refractivity contribution in [1.82, 2.24) is 9.80 Å². The van der Waals surface area contributed by atoms with Gasteiger partial charge in [0.2, 0.25) is 5.91 Å². The summed E-state index contributed by atoms with van der Waals surface area (Å²) in [6.07, 6.45) is 2.46. The van der Waals surface area contributed by atoms with E-state index in [4.69, 9.17) is 23.8 Å². The van der Waals surface area contributed by atoms with Gasteiger partial charge in [0.25, 0.3) is 5.91 Å². The maximum atomic E-state index is 14.0. The Balaban J connectivity index is 1.37. The molecule has 2 aromatic carbocycles. The summed E-state index contributed by atoms with van der Waals surface area (Å²) >= 11 is 11.6. The molecule has 7 heteroatoms. The lowest BCUT2D eigenvalue weighted by Gasteiger charge is -2.51. The van der Waals surface area contributed by atoms with E-state index < -0.39 is 16.6 Å². The number of amides is 2. The SMILES string of the molecule is CC1(C)CN(C(=O)[C@H]2CC(=S)CCC23CN3C(=O)c2ccccc2)CC[C@]1(O)c1ccc(Cl)cc1. The third kappa shape index (κ3) is 4.09. The number of piperidine rings is 1. The lowest BCUT2D eigenvalue weighted by Crippen LogP contribution is -2.59. The normalized spacial score (nSPS) is 29.8. The van der Waals surface area contributed by atoms with Crippen molar-refractivity contribution in [3.05, 3.63) is 70.7 Å². The van der Waals surface area contributed by atoms with E-state index in [-0.39, 0.29) is 17.7 Å². The van der Waals surface area contributed by atoms with Crippen molar-refractivity contribution in [2.24, 2.45) is 11.3 Å². The van der Waals surface area contributed by atoms with Gasteiger partial charge in [-0.3, -0.25) is 9.59 Å². The summed E-state index contributed by atoms with van der Waals surface area (Å²) in [6, 6.07) is 16.6. The molecule has 0 aromatic heterocycles. The molecule has 5 rings (SSSR count). The van der Waals surface area contributed by atoms with Gasteiger partial charge in [0.1, 0.15) is 0 Å². The molecule has 2 aromatic rings. The Kier molecular flexibility index (Phi) is 6.06. The Bertz CT molecular complexity index is 1170. The van der Waals surface area contributed by atoms with Crippen LogP contribution in [-0.2, 0) is 10.4 Å². The Morgan fingerprint density at radius 3 is 2.37 bits per heavy atom. The van der Waals surface area contributed by atoms with Crippen LogP contribution < -0.4 is 0 Å². The fourth-order valence-electron chi connectivity index (χ4n) is 6.12. The van der Waals surface area contributed by atoms with Crippen molar-refractivity contribution in [2.45, 2.75) is 50.7 Å². The monoisotopic (exact) mass is 510 g/mol. The Morgan fingerprint density at radius 1 is 1.03 bits per heavy atom. The van der Waals surface area contributed by atoms with Gasteiger partial charge in [-0.1, -0.05) is 68.0 Å². The number of nitrogens with zero attached hydrogens (tertiary/aromatic N) is 2. The van der Waals surface area contributed by atoms with Gasteiger partial charge in [0.15, 0.2) is 0 Å². The molecule has 2 heterocycles. The van der Waals surface area contributed by atoms with E-state index in [1.807, 2.05) is 66.1 Å². The first kappa shape index (κ1) is 24.4. The van der Waals surface area contributed by atoms with Crippen LogP contribution in [0, 0.1) is 11.3 Å². The zero-order chi connectivity index (χ0) is 25.0. The maximum absolute atomic E-state index is 14.0. The van der Waals surface area contributed by atoms with Gasteiger partial charge < -0.3 is 14.9 Å². The van der Waals surface area contributed by atoms with Gasteiger partial charge in [-0.25, -0.2) is 0 Å². The predicted octanol–water partition coefficient (Wildman–Crippen LogP) is 4.85. The van der Waals surface area contributed by atoms with Gasteiger partial charge in [0, 0.05) is 35.6 Å². The number of carbonyl (C=O) groups excluding carboxylic acids is 2. The third-order valence-corrected chi connectivity index (χ3v) is 9.05. The molecule has 1 N–H and O–H groups in total. The second kappa shape index (κ2) is 8.68. The zero-order valence-electron chi connectivity index (χ0n) is 20.2. The van der Waals surface area contributed by atoms with Crippen molar-refractivity contribution in [3.63, 3.8) is 0 Å². The standard InChI is InChI=1S/C28H31ClN2O3S/c1-26(2)17-30(15-14-28(26,34)20-8-10-21(29)11-9-20)25(33)23-16-22(35)12-13-27(23)18-31(27)24(32)19-6-4-3-5-7-19/h3-11,23,34H,12-18H2,1-2H3/t23-,27?,28+,31?/m1/s1. The van der Waals surface area contributed by atoms with Crippen molar-refractivity contribution in [1.29, 1.82) is 0 Å². The molecule has 0 bridgehead atoms. The molecule has 3 aliphatic rings. The Hall–Kier alpha value is -2.28. The van der Waals surface area contributed by atoms with E-state index in [0.717, 1.165) is 23.3 Å². The summed E-state index contributed by atoms with van der Waals surface area (Å²) in [6.45, 7) is 5.48. The molecule has 3 fully saturated rings. The number of rotatable bonds is 3. The molecule has 5 nitrogen and oxygen atoms in total. The largest absolute Gasteiger partial charge is 0.384 e. The number of benzene rings is 2. The number of likely N-dealkylation sites (tertiary alicyclic amines) is 1. The summed E-state index contributed by atoms with van der Waals surface area (Å²) in [4.78, 5) is 31.8. The van der Waals surface area contributed by atoms with Crippen molar-refractivity contribution < 1.29 is 14.7 Å². The second-order valence-corrected chi connectivity index (χ2v) is 11.9. The third-order valence-electron chi connectivity index (χ3n) is 8.43. The van der Waals surface area contributed by atoms with Gasteiger partial charge in [-0.05, 0) is 60.4 Å². The molecular weight excluding hydrogens is 480 g/mol. The van der Waals surface area contributed by atoms with Gasteiger partial charge >= 0.3 is 0 Å². The molecule has 1 saturated carbocycles. The molecule has 1 unspecified atom stereocenters. The summed E-state index contributed by atoms with van der Waals surface area (Å²) in [5.74, 6) is -0.317. The van der Waals surface area contributed by atoms with E-state index in [2.05, 4.69) is 0 Å². The van der Waals surface area contributed by atoms with Crippen LogP contribution in [-0.4, -0.2) is 56.8 Å². The fraction of sp³-hybridized carbons (Fsp3) is 0.464. The molecule has 2 amide bonds. The topological polar surface area (TPSA) is 60.6 Å². The minimum Gasteiger partial charge on any atom is -0.384 e. The molecule has 1 spiro atoms. The highest BCUT2D eigenvalue weighted by Gasteiger charge is 2.64. The first-order chi connectivity index (χ1) is 16.6. The number of thiocarbonyl (C=S) groups is 1. The number of hydrogen-bond acceptors (Lipinski definition) is 4. The van der Waals surface area contributed by atoms with E-state index in [0.29, 0.717) is 43.1 Å². The lowest BCUT2D eigenvalue weighted by molar-refractivity contribution is -0.157. The van der Waals surface area contributed by atoms with Gasteiger partial charge in [-0.15, -0.1) is 0 Å². The Morgan fingerprint density at radius 2 is 1.71 bits per heavy atom. The van der Waals surface area contributed by atoms with Crippen molar-refractivity contribution in [3.8, 4) is 0 Å². The highest BCUT2D eigenvalue weighted by molar-refractivity contribution is 7.80. The van der Waals surface area contributed by atoms with E-state index in [1.54, 1.807) is 12.1 Å². The minimum atomic E-state index is -1.07. The first-order valence-electron chi connectivity index (χ1n) is 12.2. The fourth-order valence-corrected chi connectivity index (χ4v) is 6.51. The van der Waals surface area contributed by atoms with Crippen molar-refractivity contribution in [2.75, 3.05) is 19.6 Å². The molecule has 0 radical (unpaired) electrons. The first-order valence-corrected chi connectivity index (χ1v) is 13.0. The molecule has 3 atom stereocenters. The van der Waals surface area contributed by atoms with Crippen LogP contribution in [0.4, 0.5) is 0 Å². The van der Waals surface area contributed by atoms with Crippen LogP contribution in [0.3, 0.4) is 0 Å². The molecule has 1 aliphatic carbocycles. The second-order valence-electron chi connectivity index (χ2n) is 10.9. The summed E-state index contributed by atoms with van der Waals surface area (Å²) in [5, 5.41) is 12.3. The van der Waals surface area contributed by atoms with Crippen LogP contribution >= 0.6 is 23.8 Å². The lowest BCUT2D eigenvalue weighted by atomic mass is 9.66. The minimum absolute atomic E-state index is 0.0210. The highest BCUT2D eigenvalue weighted by atomic mass is 35.5. The van der Waals surface area contributed by atoms with Crippen LogP contribution in [0.5, 0.6) is 0 Å². The molecule has 184 valence electrons. The van der Waals surface area contributed by atoms with E-state index >= 15 is 0 Å². The summed E-state index contributed by atoms with van der Waals surface area (Å²) < 4.78 is 0. The number of hydrogen-bond donors (Lipinski definition) is 1. The quantitative estimate of drug-likeness (QED) is 0.473. The summed E-state index contributed by atoms with van der Waals surface area (Å²) in [5.41, 5.74) is -0.629. The van der Waals surface area contributed by atoms with Crippen LogP contribution in [0.2, 0.25) is 5.02 Å². The molecular formula is C28H31ClN2O3S. The number of halogens is 1. The van der Waals surface area contributed by atoms with Crippen LogP contribution in [0.1, 0.15) is 55.5 Å². The van der Waals surface area contributed by atoms with Gasteiger partial charge in [0.05, 0.1) is 17.1 Å². The molecule has 2 aliphatic heterocycles.